The van der Waals surface area contributed by atoms with Crippen molar-refractivity contribution in [1.82, 2.24) is 19.8 Å². The first-order valence-corrected chi connectivity index (χ1v) is 9.93. The molecule has 0 aliphatic carbocycles. The third-order valence-corrected chi connectivity index (χ3v) is 5.11. The Morgan fingerprint density at radius 3 is 2.37 bits per heavy atom. The van der Waals surface area contributed by atoms with E-state index in [-0.39, 0.29) is 18.1 Å². The van der Waals surface area contributed by atoms with Crippen LogP contribution in [0, 0.1) is 5.82 Å². The van der Waals surface area contributed by atoms with Crippen molar-refractivity contribution in [3.8, 4) is 11.8 Å². The lowest BCUT2D eigenvalue weighted by molar-refractivity contribution is -0.133. The lowest BCUT2D eigenvalue weighted by atomic mass is 10.0. The number of ether oxygens (including phenoxy) is 2. The molecule has 1 aliphatic heterocycles. The van der Waals surface area contributed by atoms with Gasteiger partial charge in [0.15, 0.2) is 0 Å². The summed E-state index contributed by atoms with van der Waals surface area (Å²) in [5.74, 6) is 1.23. The minimum atomic E-state index is -0.412. The summed E-state index contributed by atoms with van der Waals surface area (Å²) in [6.07, 6.45) is 0.540. The van der Waals surface area contributed by atoms with E-state index in [4.69, 9.17) is 15.2 Å². The molecule has 1 atom stereocenters. The van der Waals surface area contributed by atoms with E-state index in [1.54, 1.807) is 38.5 Å². The molecule has 9 heteroatoms. The maximum atomic E-state index is 13.8. The Morgan fingerprint density at radius 1 is 1.13 bits per heavy atom. The van der Waals surface area contributed by atoms with Gasteiger partial charge in [-0.2, -0.15) is 9.97 Å². The number of carbonyl (C=O) groups excluding carboxylic acids is 1. The van der Waals surface area contributed by atoms with Crippen LogP contribution in [-0.2, 0) is 17.8 Å². The van der Waals surface area contributed by atoms with E-state index in [1.807, 2.05) is 4.90 Å². The van der Waals surface area contributed by atoms with E-state index in [2.05, 4.69) is 14.9 Å². The lowest BCUT2D eigenvalue weighted by Gasteiger charge is -2.34. The van der Waals surface area contributed by atoms with E-state index in [1.165, 1.54) is 6.07 Å². The second-order valence-corrected chi connectivity index (χ2v) is 7.29. The highest BCUT2D eigenvalue weighted by atomic mass is 19.1. The molecule has 0 saturated carbocycles. The Balaban J connectivity index is 1.48. The maximum Gasteiger partial charge on any atom is 0.224 e. The van der Waals surface area contributed by atoms with Crippen molar-refractivity contribution in [1.29, 1.82) is 0 Å². The fourth-order valence-electron chi connectivity index (χ4n) is 3.46. The Morgan fingerprint density at radius 2 is 1.77 bits per heavy atom. The second-order valence-electron chi connectivity index (χ2n) is 7.29. The number of halogens is 1. The van der Waals surface area contributed by atoms with Crippen molar-refractivity contribution >= 4 is 5.91 Å². The number of aromatic nitrogens is 2. The van der Waals surface area contributed by atoms with Crippen molar-refractivity contribution in [2.24, 2.45) is 5.73 Å². The number of amides is 1. The number of benzene rings is 1. The molecule has 30 heavy (non-hydrogen) atoms. The number of carbonyl (C=O) groups is 1. The van der Waals surface area contributed by atoms with Crippen molar-refractivity contribution in [3.05, 3.63) is 47.5 Å². The van der Waals surface area contributed by atoms with Crippen LogP contribution in [0.25, 0.3) is 0 Å². The molecule has 162 valence electrons. The van der Waals surface area contributed by atoms with Crippen molar-refractivity contribution in [3.63, 3.8) is 0 Å². The molecule has 1 aromatic carbocycles. The third kappa shape index (κ3) is 5.87. The smallest absolute Gasteiger partial charge is 0.224 e. The number of rotatable bonds is 8. The van der Waals surface area contributed by atoms with Crippen LogP contribution in [0.15, 0.2) is 30.3 Å². The first-order valence-electron chi connectivity index (χ1n) is 9.93. The van der Waals surface area contributed by atoms with Gasteiger partial charge in [-0.05, 0) is 18.1 Å². The Labute approximate surface area is 175 Å². The second kappa shape index (κ2) is 10.3. The Kier molecular flexibility index (Phi) is 7.53. The summed E-state index contributed by atoms with van der Waals surface area (Å²) < 4.78 is 24.1. The molecule has 1 aromatic heterocycles. The van der Waals surface area contributed by atoms with E-state index in [9.17, 15) is 9.18 Å². The van der Waals surface area contributed by atoms with Crippen LogP contribution in [0.1, 0.15) is 17.8 Å². The summed E-state index contributed by atoms with van der Waals surface area (Å²) in [5.41, 5.74) is 6.64. The molecule has 1 saturated heterocycles. The molecule has 1 aliphatic rings. The number of nitrogens with zero attached hydrogens (tertiary/aromatic N) is 4. The largest absolute Gasteiger partial charge is 0.481 e. The van der Waals surface area contributed by atoms with E-state index in [0.717, 1.165) is 0 Å². The van der Waals surface area contributed by atoms with Gasteiger partial charge < -0.3 is 20.1 Å². The summed E-state index contributed by atoms with van der Waals surface area (Å²) in [5, 5.41) is 0. The van der Waals surface area contributed by atoms with Gasteiger partial charge in [0.25, 0.3) is 0 Å². The number of hydrogen-bond donors (Lipinski definition) is 1. The topological polar surface area (TPSA) is 93.8 Å². The molecular formula is C21H28FN5O3. The molecule has 1 fully saturated rings. The van der Waals surface area contributed by atoms with Crippen LogP contribution in [0.4, 0.5) is 4.39 Å². The van der Waals surface area contributed by atoms with Gasteiger partial charge in [-0.3, -0.25) is 9.69 Å². The van der Waals surface area contributed by atoms with Crippen LogP contribution >= 0.6 is 0 Å². The summed E-state index contributed by atoms with van der Waals surface area (Å²) in [6, 6.07) is 7.74. The summed E-state index contributed by atoms with van der Waals surface area (Å²) in [4.78, 5) is 25.3. The molecular weight excluding hydrogens is 389 g/mol. The number of nitrogens with two attached hydrogens (primary N) is 1. The molecule has 2 heterocycles. The quantitative estimate of drug-likeness (QED) is 0.691. The third-order valence-electron chi connectivity index (χ3n) is 5.11. The zero-order chi connectivity index (χ0) is 21.5. The summed E-state index contributed by atoms with van der Waals surface area (Å²) >= 11 is 0. The zero-order valence-corrected chi connectivity index (χ0v) is 17.4. The predicted molar refractivity (Wildman–Crippen MR) is 110 cm³/mol. The Bertz CT molecular complexity index is 836. The highest BCUT2D eigenvalue weighted by molar-refractivity contribution is 5.77. The number of hydrogen-bond acceptors (Lipinski definition) is 7. The molecule has 0 radical (unpaired) electrons. The van der Waals surface area contributed by atoms with Gasteiger partial charge in [0, 0.05) is 38.6 Å². The van der Waals surface area contributed by atoms with Crippen LogP contribution in [-0.4, -0.2) is 72.1 Å². The standard InChI is InChI=1S/C21H28FN5O3/c1-29-19-13-20(30-2)25-18(24-19)14-26-7-9-27(10-8-26)21(28)12-16(23)11-15-5-3-4-6-17(15)22/h3-6,13,16H,7-12,14,23H2,1-2H3/t16-/m1/s1. The van der Waals surface area contributed by atoms with Crippen LogP contribution in [0.5, 0.6) is 11.8 Å². The van der Waals surface area contributed by atoms with Gasteiger partial charge in [0.05, 0.1) is 26.8 Å². The Hall–Kier alpha value is -2.78. The van der Waals surface area contributed by atoms with Gasteiger partial charge in [0.1, 0.15) is 11.6 Å². The van der Waals surface area contributed by atoms with E-state index >= 15 is 0 Å². The minimum Gasteiger partial charge on any atom is -0.481 e. The van der Waals surface area contributed by atoms with Gasteiger partial charge in [0.2, 0.25) is 17.7 Å². The predicted octanol–water partition coefficient (Wildman–Crippen LogP) is 1.24. The maximum absolute atomic E-state index is 13.8. The van der Waals surface area contributed by atoms with Crippen molar-refractivity contribution in [2.75, 3.05) is 40.4 Å². The van der Waals surface area contributed by atoms with E-state index in [0.29, 0.717) is 62.3 Å². The normalized spacial score (nSPS) is 15.7. The average molecular weight is 417 g/mol. The van der Waals surface area contributed by atoms with Crippen LogP contribution in [0.3, 0.4) is 0 Å². The van der Waals surface area contributed by atoms with Crippen LogP contribution < -0.4 is 15.2 Å². The SMILES string of the molecule is COc1cc(OC)nc(CN2CCN(C(=O)C[C@H](N)Cc3ccccc3F)CC2)n1. The highest BCUT2D eigenvalue weighted by Crippen LogP contribution is 2.17. The molecule has 0 unspecified atom stereocenters. The average Bonchev–Trinajstić information content (AvgIpc) is 2.75. The fourth-order valence-corrected chi connectivity index (χ4v) is 3.46. The monoisotopic (exact) mass is 417 g/mol. The molecule has 8 nitrogen and oxygen atoms in total. The molecule has 0 spiro atoms. The van der Waals surface area contributed by atoms with E-state index < -0.39 is 6.04 Å². The van der Waals surface area contributed by atoms with Crippen molar-refractivity contribution in [2.45, 2.75) is 25.4 Å². The summed E-state index contributed by atoms with van der Waals surface area (Å²) in [7, 11) is 3.10. The van der Waals surface area contributed by atoms with Gasteiger partial charge in [-0.15, -0.1) is 0 Å². The van der Waals surface area contributed by atoms with Crippen molar-refractivity contribution < 1.29 is 18.7 Å². The van der Waals surface area contributed by atoms with Crippen LogP contribution in [0.2, 0.25) is 0 Å². The first-order chi connectivity index (χ1) is 14.5. The molecule has 1 amide bonds. The number of piperazine rings is 1. The van der Waals surface area contributed by atoms with Gasteiger partial charge in [-0.25, -0.2) is 4.39 Å². The fraction of sp³-hybridized carbons (Fsp3) is 0.476. The lowest BCUT2D eigenvalue weighted by Crippen LogP contribution is -2.49. The van der Waals surface area contributed by atoms with Gasteiger partial charge in [-0.1, -0.05) is 18.2 Å². The summed E-state index contributed by atoms with van der Waals surface area (Å²) in [6.45, 7) is 3.16. The zero-order valence-electron chi connectivity index (χ0n) is 17.4. The first kappa shape index (κ1) is 21.9. The molecule has 3 rings (SSSR count). The van der Waals surface area contributed by atoms with Gasteiger partial charge >= 0.3 is 0 Å². The number of methoxy groups -OCH3 is 2. The highest BCUT2D eigenvalue weighted by Gasteiger charge is 2.23. The molecule has 2 N–H and O–H groups in total. The molecule has 2 aromatic rings. The minimum absolute atomic E-state index is 0.00205. The molecule has 0 bridgehead atoms.